The van der Waals surface area contributed by atoms with Crippen molar-refractivity contribution >= 4 is 0 Å². The van der Waals surface area contributed by atoms with Crippen LogP contribution in [-0.2, 0) is 0 Å². The van der Waals surface area contributed by atoms with Crippen molar-refractivity contribution in [2.24, 2.45) is 11.1 Å². The van der Waals surface area contributed by atoms with E-state index in [2.05, 4.69) is 32.6 Å². The van der Waals surface area contributed by atoms with Gasteiger partial charge in [-0.15, -0.1) is 0 Å². The Bertz CT molecular complexity index is 233. The summed E-state index contributed by atoms with van der Waals surface area (Å²) in [6, 6.07) is 0.542. The Morgan fingerprint density at radius 1 is 1.44 bits per heavy atom. The van der Waals surface area contributed by atoms with Gasteiger partial charge in [-0.25, -0.2) is 0 Å². The summed E-state index contributed by atoms with van der Waals surface area (Å²) < 4.78 is 0. The van der Waals surface area contributed by atoms with Gasteiger partial charge < -0.3 is 10.8 Å². The molecule has 0 amide bonds. The maximum atomic E-state index is 10.1. The summed E-state index contributed by atoms with van der Waals surface area (Å²) in [6.07, 6.45) is 1.84. The third kappa shape index (κ3) is 3.19. The topological polar surface area (TPSA) is 49.5 Å². The average Bonchev–Trinajstić information content (AvgIpc) is 2.43. The molecule has 1 heterocycles. The molecule has 0 aromatic heterocycles. The molecule has 3 heteroatoms. The van der Waals surface area contributed by atoms with Gasteiger partial charge >= 0.3 is 0 Å². The quantitative estimate of drug-likeness (QED) is 0.771. The molecule has 3 unspecified atom stereocenters. The molecule has 16 heavy (non-hydrogen) atoms. The molecule has 3 N–H and O–H groups in total. The van der Waals surface area contributed by atoms with Crippen molar-refractivity contribution in [2.75, 3.05) is 13.1 Å². The third-order valence-corrected chi connectivity index (χ3v) is 3.64. The van der Waals surface area contributed by atoms with Gasteiger partial charge in [-0.3, -0.25) is 4.90 Å². The standard InChI is InChI=1S/C13H28N2O/c1-6-10(14)11(12(2,3)4)15-8-7-13(5,16)9-15/h10-11,16H,6-9,14H2,1-5H3. The van der Waals surface area contributed by atoms with Crippen LogP contribution in [0.2, 0.25) is 0 Å². The van der Waals surface area contributed by atoms with Crippen LogP contribution in [0.15, 0.2) is 0 Å². The van der Waals surface area contributed by atoms with Gasteiger partial charge in [0.05, 0.1) is 5.60 Å². The molecule has 1 aliphatic rings. The van der Waals surface area contributed by atoms with Crippen LogP contribution in [0, 0.1) is 5.41 Å². The molecule has 0 aromatic rings. The van der Waals surface area contributed by atoms with Gasteiger partial charge in [-0.1, -0.05) is 27.7 Å². The fourth-order valence-electron chi connectivity index (χ4n) is 2.90. The summed E-state index contributed by atoms with van der Waals surface area (Å²) in [4.78, 5) is 2.37. The van der Waals surface area contributed by atoms with Crippen LogP contribution in [0.1, 0.15) is 47.5 Å². The van der Waals surface area contributed by atoms with E-state index < -0.39 is 5.60 Å². The van der Waals surface area contributed by atoms with Crippen LogP contribution in [0.25, 0.3) is 0 Å². The van der Waals surface area contributed by atoms with Crippen molar-refractivity contribution in [2.45, 2.75) is 65.1 Å². The maximum Gasteiger partial charge on any atom is 0.0758 e. The predicted octanol–water partition coefficient (Wildman–Crippen LogP) is 1.60. The SMILES string of the molecule is CCC(N)C(N1CCC(C)(O)C1)C(C)(C)C. The number of likely N-dealkylation sites (tertiary alicyclic amines) is 1. The monoisotopic (exact) mass is 228 g/mol. The van der Waals surface area contributed by atoms with Crippen molar-refractivity contribution in [1.29, 1.82) is 0 Å². The van der Waals surface area contributed by atoms with E-state index in [1.807, 2.05) is 6.92 Å². The van der Waals surface area contributed by atoms with E-state index >= 15 is 0 Å². The molecule has 3 nitrogen and oxygen atoms in total. The number of β-amino-alcohol motifs (C(OH)–C–C–N with tert-alkyl or cyclic N) is 1. The van der Waals surface area contributed by atoms with E-state index in [-0.39, 0.29) is 11.5 Å². The average molecular weight is 228 g/mol. The first-order valence-electron chi connectivity index (χ1n) is 6.39. The summed E-state index contributed by atoms with van der Waals surface area (Å²) in [5.41, 5.74) is 5.88. The number of hydrogen-bond donors (Lipinski definition) is 2. The van der Waals surface area contributed by atoms with Crippen molar-refractivity contribution < 1.29 is 5.11 Å². The Morgan fingerprint density at radius 2 is 2.00 bits per heavy atom. The van der Waals surface area contributed by atoms with Gasteiger partial charge in [0, 0.05) is 25.2 Å². The Labute approximate surface area is 100 Å². The van der Waals surface area contributed by atoms with Crippen LogP contribution in [-0.4, -0.2) is 40.8 Å². The lowest BCUT2D eigenvalue weighted by Crippen LogP contribution is -2.54. The van der Waals surface area contributed by atoms with E-state index in [0.29, 0.717) is 6.04 Å². The van der Waals surface area contributed by atoms with Gasteiger partial charge in [0.1, 0.15) is 0 Å². The molecule has 96 valence electrons. The normalized spacial score (nSPS) is 31.7. The van der Waals surface area contributed by atoms with Crippen LogP contribution < -0.4 is 5.73 Å². The first kappa shape index (κ1) is 13.9. The summed E-state index contributed by atoms with van der Waals surface area (Å²) in [5.74, 6) is 0. The minimum atomic E-state index is -0.531. The number of hydrogen-bond acceptors (Lipinski definition) is 3. The second-order valence-electron chi connectivity index (χ2n) is 6.60. The highest BCUT2D eigenvalue weighted by molar-refractivity contribution is 4.97. The van der Waals surface area contributed by atoms with Gasteiger partial charge in [0.25, 0.3) is 0 Å². The Morgan fingerprint density at radius 3 is 2.31 bits per heavy atom. The zero-order valence-electron chi connectivity index (χ0n) is 11.5. The highest BCUT2D eigenvalue weighted by atomic mass is 16.3. The van der Waals surface area contributed by atoms with Crippen LogP contribution in [0.3, 0.4) is 0 Å². The first-order valence-corrected chi connectivity index (χ1v) is 6.39. The highest BCUT2D eigenvalue weighted by Crippen LogP contribution is 2.32. The molecule has 0 saturated carbocycles. The summed E-state index contributed by atoms with van der Waals surface area (Å²) in [7, 11) is 0. The molecule has 0 radical (unpaired) electrons. The molecule has 3 atom stereocenters. The molecule has 0 aromatic carbocycles. The summed E-state index contributed by atoms with van der Waals surface area (Å²) in [6.45, 7) is 12.5. The zero-order chi connectivity index (χ0) is 12.6. The lowest BCUT2D eigenvalue weighted by molar-refractivity contribution is 0.0390. The van der Waals surface area contributed by atoms with E-state index in [1.54, 1.807) is 0 Å². The van der Waals surface area contributed by atoms with Crippen molar-refractivity contribution in [3.05, 3.63) is 0 Å². The molecule has 0 aliphatic carbocycles. The largest absolute Gasteiger partial charge is 0.389 e. The van der Waals surface area contributed by atoms with Gasteiger partial charge in [-0.05, 0) is 25.2 Å². The number of rotatable bonds is 3. The molecule has 1 fully saturated rings. The highest BCUT2D eigenvalue weighted by Gasteiger charge is 2.41. The van der Waals surface area contributed by atoms with Crippen LogP contribution in [0.5, 0.6) is 0 Å². The minimum Gasteiger partial charge on any atom is -0.389 e. The fourth-order valence-corrected chi connectivity index (χ4v) is 2.90. The van der Waals surface area contributed by atoms with Crippen molar-refractivity contribution in [3.8, 4) is 0 Å². The second-order valence-corrected chi connectivity index (χ2v) is 6.60. The van der Waals surface area contributed by atoms with Crippen molar-refractivity contribution in [1.82, 2.24) is 4.90 Å². The third-order valence-electron chi connectivity index (χ3n) is 3.64. The van der Waals surface area contributed by atoms with Crippen LogP contribution >= 0.6 is 0 Å². The summed E-state index contributed by atoms with van der Waals surface area (Å²) >= 11 is 0. The molecular weight excluding hydrogens is 200 g/mol. The molecule has 1 aliphatic heterocycles. The molecule has 1 saturated heterocycles. The zero-order valence-corrected chi connectivity index (χ0v) is 11.5. The summed E-state index contributed by atoms with van der Waals surface area (Å²) in [5, 5.41) is 10.1. The lowest BCUT2D eigenvalue weighted by Gasteiger charge is -2.42. The van der Waals surface area contributed by atoms with Crippen LogP contribution in [0.4, 0.5) is 0 Å². The van der Waals surface area contributed by atoms with E-state index in [4.69, 9.17) is 5.73 Å². The second kappa shape index (κ2) is 4.63. The Kier molecular flexibility index (Phi) is 4.04. The molecular formula is C13H28N2O. The van der Waals surface area contributed by atoms with Gasteiger partial charge in [0.15, 0.2) is 0 Å². The van der Waals surface area contributed by atoms with E-state index in [9.17, 15) is 5.11 Å². The number of nitrogens with two attached hydrogens (primary N) is 1. The smallest absolute Gasteiger partial charge is 0.0758 e. The molecule has 0 spiro atoms. The Hall–Kier alpha value is -0.120. The molecule has 1 rings (SSSR count). The van der Waals surface area contributed by atoms with Crippen molar-refractivity contribution in [3.63, 3.8) is 0 Å². The van der Waals surface area contributed by atoms with E-state index in [0.717, 1.165) is 25.9 Å². The number of aliphatic hydroxyl groups is 1. The van der Waals surface area contributed by atoms with Gasteiger partial charge in [-0.2, -0.15) is 0 Å². The fraction of sp³-hybridized carbons (Fsp3) is 1.00. The number of nitrogens with zero attached hydrogens (tertiary/aromatic N) is 1. The Balaban J connectivity index is 2.79. The first-order chi connectivity index (χ1) is 7.17. The maximum absolute atomic E-state index is 10.1. The predicted molar refractivity (Wildman–Crippen MR) is 68.3 cm³/mol. The van der Waals surface area contributed by atoms with Gasteiger partial charge in [0.2, 0.25) is 0 Å². The van der Waals surface area contributed by atoms with E-state index in [1.165, 1.54) is 0 Å². The minimum absolute atomic E-state index is 0.163. The lowest BCUT2D eigenvalue weighted by atomic mass is 9.80. The molecule has 0 bridgehead atoms.